The van der Waals surface area contributed by atoms with Crippen molar-refractivity contribution in [3.05, 3.63) is 35.9 Å². The van der Waals surface area contributed by atoms with Crippen molar-refractivity contribution in [2.75, 3.05) is 0 Å². The molecule has 0 bridgehead atoms. The molecule has 0 fully saturated rings. The van der Waals surface area contributed by atoms with Gasteiger partial charge in [-0.15, -0.1) is 0 Å². The normalized spacial score (nSPS) is 8.21. The fourth-order valence-electron chi connectivity index (χ4n) is 1.03. The summed E-state index contributed by atoms with van der Waals surface area (Å²) in [5.74, 6) is 0. The average molecular weight is 194 g/mol. The molecule has 0 heterocycles. The van der Waals surface area contributed by atoms with Crippen molar-refractivity contribution in [2.45, 2.75) is 53.9 Å². The summed E-state index contributed by atoms with van der Waals surface area (Å²) in [7, 11) is 0. The summed E-state index contributed by atoms with van der Waals surface area (Å²) in [6, 6.07) is 10.6. The summed E-state index contributed by atoms with van der Waals surface area (Å²) in [6.07, 6.45) is 5.08. The van der Waals surface area contributed by atoms with Gasteiger partial charge in [0, 0.05) is 0 Å². The Morgan fingerprint density at radius 2 is 1.43 bits per heavy atom. The van der Waals surface area contributed by atoms with Crippen LogP contribution in [0.25, 0.3) is 0 Å². The van der Waals surface area contributed by atoms with E-state index in [9.17, 15) is 0 Å². The van der Waals surface area contributed by atoms with Crippen molar-refractivity contribution >= 4 is 0 Å². The van der Waals surface area contributed by atoms with Crippen LogP contribution in [0.5, 0.6) is 0 Å². The Morgan fingerprint density at radius 3 is 1.86 bits per heavy atom. The first-order valence-electron chi connectivity index (χ1n) is 5.39. The highest BCUT2D eigenvalue weighted by atomic mass is 13.9. The van der Waals surface area contributed by atoms with Gasteiger partial charge < -0.3 is 0 Å². The zero-order valence-electron chi connectivity index (χ0n) is 9.22. The van der Waals surface area contributed by atoms with Gasteiger partial charge >= 0.3 is 0 Å². The number of hydrogen-bond acceptors (Lipinski definition) is 0. The third-order valence-corrected chi connectivity index (χ3v) is 1.66. The van der Waals surface area contributed by atoms with E-state index in [1.165, 1.54) is 31.2 Å². The highest BCUT2D eigenvalue weighted by Crippen LogP contribution is 2.03. The van der Waals surface area contributed by atoms with E-state index < -0.39 is 0 Å². The zero-order valence-corrected chi connectivity index (χ0v) is 9.22. The SMILES string of the molecule is C.CCC.CCCCc1ccccc1. The van der Waals surface area contributed by atoms with Gasteiger partial charge in [-0.3, -0.25) is 0 Å². The molecule has 0 saturated carbocycles. The Bertz CT molecular complexity index is 176. The van der Waals surface area contributed by atoms with Crippen molar-refractivity contribution in [1.29, 1.82) is 0 Å². The van der Waals surface area contributed by atoms with Crippen molar-refractivity contribution < 1.29 is 0 Å². The summed E-state index contributed by atoms with van der Waals surface area (Å²) >= 11 is 0. The van der Waals surface area contributed by atoms with E-state index in [1.54, 1.807) is 0 Å². The summed E-state index contributed by atoms with van der Waals surface area (Å²) in [4.78, 5) is 0. The highest BCUT2D eigenvalue weighted by Gasteiger charge is 1.87. The molecule has 1 rings (SSSR count). The lowest BCUT2D eigenvalue weighted by atomic mass is 10.1. The van der Waals surface area contributed by atoms with Crippen LogP contribution in [0.1, 0.15) is 53.0 Å². The van der Waals surface area contributed by atoms with Gasteiger partial charge in [0.25, 0.3) is 0 Å². The number of aryl methyl sites for hydroxylation is 1. The van der Waals surface area contributed by atoms with E-state index in [0.29, 0.717) is 0 Å². The predicted octanol–water partition coefficient (Wildman–Crippen LogP) is 5.08. The van der Waals surface area contributed by atoms with Gasteiger partial charge in [0.1, 0.15) is 0 Å². The minimum atomic E-state index is 0. The average Bonchev–Trinajstić information content (AvgIpc) is 2.18. The molecule has 0 heteroatoms. The molecule has 82 valence electrons. The van der Waals surface area contributed by atoms with E-state index >= 15 is 0 Å². The van der Waals surface area contributed by atoms with Gasteiger partial charge in [0.15, 0.2) is 0 Å². The number of rotatable bonds is 3. The van der Waals surface area contributed by atoms with Crippen molar-refractivity contribution in [1.82, 2.24) is 0 Å². The molecule has 0 atom stereocenters. The second-order valence-corrected chi connectivity index (χ2v) is 3.30. The van der Waals surface area contributed by atoms with Crippen LogP contribution >= 0.6 is 0 Å². The smallest absolute Gasteiger partial charge is 0.0279 e. The van der Waals surface area contributed by atoms with E-state index in [-0.39, 0.29) is 7.43 Å². The maximum atomic E-state index is 2.23. The Kier molecular flexibility index (Phi) is 13.7. The van der Waals surface area contributed by atoms with Gasteiger partial charge in [-0.25, -0.2) is 0 Å². The fourth-order valence-corrected chi connectivity index (χ4v) is 1.03. The largest absolute Gasteiger partial charge is 0.0776 e. The van der Waals surface area contributed by atoms with Gasteiger partial charge in [-0.2, -0.15) is 0 Å². The zero-order chi connectivity index (χ0) is 9.94. The Morgan fingerprint density at radius 1 is 0.929 bits per heavy atom. The van der Waals surface area contributed by atoms with Crippen LogP contribution in [0.15, 0.2) is 30.3 Å². The summed E-state index contributed by atoms with van der Waals surface area (Å²) in [5.41, 5.74) is 1.46. The second kappa shape index (κ2) is 12.2. The standard InChI is InChI=1S/C10H14.C3H8.CH4/c1-2-3-7-10-8-5-4-6-9-10;1-3-2;/h4-6,8-9H,2-3,7H2,1H3;3H2,1-2H3;1H4. The molecule has 0 aliphatic carbocycles. The van der Waals surface area contributed by atoms with Crippen LogP contribution in [-0.2, 0) is 6.42 Å². The predicted molar refractivity (Wildman–Crippen MR) is 67.8 cm³/mol. The topological polar surface area (TPSA) is 0 Å². The lowest BCUT2D eigenvalue weighted by Crippen LogP contribution is -1.81. The molecule has 1 aromatic rings. The quantitative estimate of drug-likeness (QED) is 0.629. The Balaban J connectivity index is 0. The van der Waals surface area contributed by atoms with Crippen LogP contribution in [0, 0.1) is 0 Å². The highest BCUT2D eigenvalue weighted by molar-refractivity contribution is 5.14. The summed E-state index contributed by atoms with van der Waals surface area (Å²) in [6.45, 7) is 6.48. The number of hydrogen-bond donors (Lipinski definition) is 0. The minimum Gasteiger partial charge on any atom is -0.0776 e. The number of benzene rings is 1. The monoisotopic (exact) mass is 194 g/mol. The second-order valence-electron chi connectivity index (χ2n) is 3.30. The Labute approximate surface area is 90.4 Å². The van der Waals surface area contributed by atoms with E-state index in [1.807, 2.05) is 0 Å². The molecule has 0 N–H and O–H groups in total. The van der Waals surface area contributed by atoms with E-state index in [0.717, 1.165) is 0 Å². The molecule has 14 heavy (non-hydrogen) atoms. The first kappa shape index (κ1) is 15.7. The lowest BCUT2D eigenvalue weighted by Gasteiger charge is -1.96. The third kappa shape index (κ3) is 9.31. The molecule has 0 aromatic heterocycles. The molecule has 0 unspecified atom stereocenters. The van der Waals surface area contributed by atoms with Gasteiger partial charge in [0.05, 0.1) is 0 Å². The van der Waals surface area contributed by atoms with Crippen LogP contribution in [-0.4, -0.2) is 0 Å². The molecule has 0 nitrogen and oxygen atoms in total. The van der Waals surface area contributed by atoms with Crippen LogP contribution in [0.2, 0.25) is 0 Å². The van der Waals surface area contributed by atoms with E-state index in [2.05, 4.69) is 51.1 Å². The van der Waals surface area contributed by atoms with Crippen molar-refractivity contribution in [3.8, 4) is 0 Å². The van der Waals surface area contributed by atoms with Gasteiger partial charge in [-0.1, -0.05) is 71.4 Å². The molecule has 0 radical (unpaired) electrons. The minimum absolute atomic E-state index is 0. The third-order valence-electron chi connectivity index (χ3n) is 1.66. The van der Waals surface area contributed by atoms with Crippen LogP contribution in [0.4, 0.5) is 0 Å². The molecular formula is C14H26. The lowest BCUT2D eigenvalue weighted by molar-refractivity contribution is 0.795. The molecule has 0 aliphatic rings. The first-order chi connectivity index (χ1) is 6.35. The summed E-state index contributed by atoms with van der Waals surface area (Å²) in [5, 5.41) is 0. The fraction of sp³-hybridized carbons (Fsp3) is 0.571. The Hall–Kier alpha value is -0.780. The van der Waals surface area contributed by atoms with Gasteiger partial charge in [0.2, 0.25) is 0 Å². The molecule has 0 spiro atoms. The van der Waals surface area contributed by atoms with Crippen molar-refractivity contribution in [2.24, 2.45) is 0 Å². The molecule has 0 saturated heterocycles. The van der Waals surface area contributed by atoms with E-state index in [4.69, 9.17) is 0 Å². The van der Waals surface area contributed by atoms with Crippen LogP contribution in [0.3, 0.4) is 0 Å². The molecular weight excluding hydrogens is 168 g/mol. The van der Waals surface area contributed by atoms with Crippen molar-refractivity contribution in [3.63, 3.8) is 0 Å². The maximum Gasteiger partial charge on any atom is -0.0279 e. The first-order valence-corrected chi connectivity index (χ1v) is 5.39. The van der Waals surface area contributed by atoms with Crippen LogP contribution < -0.4 is 0 Å². The number of unbranched alkanes of at least 4 members (excludes halogenated alkanes) is 1. The van der Waals surface area contributed by atoms with Gasteiger partial charge in [-0.05, 0) is 18.4 Å². The summed E-state index contributed by atoms with van der Waals surface area (Å²) < 4.78 is 0. The molecule has 0 aliphatic heterocycles. The molecule has 0 amide bonds. The maximum absolute atomic E-state index is 2.23. The molecule has 1 aromatic carbocycles.